The lowest BCUT2D eigenvalue weighted by Gasteiger charge is -2.25. The van der Waals surface area contributed by atoms with Crippen LogP contribution in [0.25, 0.3) is 0 Å². The van der Waals surface area contributed by atoms with E-state index in [2.05, 4.69) is 0 Å². The lowest BCUT2D eigenvalue weighted by molar-refractivity contribution is -0.158. The maximum absolute atomic E-state index is 12.8. The molecule has 6 nitrogen and oxygen atoms in total. The van der Waals surface area contributed by atoms with Crippen LogP contribution in [0.3, 0.4) is 0 Å². The van der Waals surface area contributed by atoms with Crippen molar-refractivity contribution < 1.29 is 19.4 Å². The Labute approximate surface area is 165 Å². The van der Waals surface area contributed by atoms with Crippen molar-refractivity contribution in [2.75, 3.05) is 6.67 Å². The minimum atomic E-state index is -1.02. The fourth-order valence-corrected chi connectivity index (χ4v) is 3.61. The Bertz CT molecular complexity index is 795. The zero-order valence-electron chi connectivity index (χ0n) is 16.2. The Morgan fingerprint density at radius 3 is 1.82 bits per heavy atom. The Morgan fingerprint density at radius 2 is 1.39 bits per heavy atom. The molecular weight excluding hydrogens is 356 g/mol. The maximum atomic E-state index is 12.8. The topological polar surface area (TPSA) is 70.1 Å². The standard InChI is InChI=1S/C22H26N2O4/c1-16(2)28-22(27)20-19(21(25)26)23(13-17-9-5-3-6-10-17)15-24(20)14-18-11-7-4-8-12-18/h3-12,16,19-20H,13-15H2,1-2H3,(H,25,26)/t19-,20+/m0/s1. The first-order valence-electron chi connectivity index (χ1n) is 9.45. The average Bonchev–Trinajstić information content (AvgIpc) is 3.01. The summed E-state index contributed by atoms with van der Waals surface area (Å²) in [6.07, 6.45) is -0.302. The molecule has 1 N–H and O–H groups in total. The SMILES string of the molecule is CC(C)OC(=O)[C@H]1[C@@H](C(=O)O)N(Cc2ccccc2)CN1Cc1ccccc1. The largest absolute Gasteiger partial charge is 0.480 e. The van der Waals surface area contributed by atoms with Gasteiger partial charge in [-0.2, -0.15) is 0 Å². The summed E-state index contributed by atoms with van der Waals surface area (Å²) in [5.41, 5.74) is 2.03. The van der Waals surface area contributed by atoms with E-state index in [4.69, 9.17) is 4.74 Å². The molecule has 0 unspecified atom stereocenters. The third-order valence-electron chi connectivity index (χ3n) is 4.75. The molecule has 148 valence electrons. The molecule has 0 saturated carbocycles. The van der Waals surface area contributed by atoms with Crippen LogP contribution in [0.2, 0.25) is 0 Å². The van der Waals surface area contributed by atoms with Gasteiger partial charge in [-0.1, -0.05) is 60.7 Å². The summed E-state index contributed by atoms with van der Waals surface area (Å²) >= 11 is 0. The molecule has 0 bridgehead atoms. The highest BCUT2D eigenvalue weighted by atomic mass is 16.5. The predicted octanol–water partition coefficient (Wildman–Crippen LogP) is 2.74. The van der Waals surface area contributed by atoms with Gasteiger partial charge in [0, 0.05) is 13.1 Å². The first kappa shape index (κ1) is 20.0. The minimum Gasteiger partial charge on any atom is -0.480 e. The van der Waals surface area contributed by atoms with Gasteiger partial charge in [0.2, 0.25) is 0 Å². The van der Waals surface area contributed by atoms with Crippen LogP contribution in [-0.2, 0) is 27.4 Å². The number of nitrogens with zero attached hydrogens (tertiary/aromatic N) is 2. The minimum absolute atomic E-state index is 0.302. The first-order valence-corrected chi connectivity index (χ1v) is 9.45. The first-order chi connectivity index (χ1) is 13.5. The Kier molecular flexibility index (Phi) is 6.44. The number of carboxylic acid groups (broad SMARTS) is 1. The van der Waals surface area contributed by atoms with Crippen LogP contribution in [-0.4, -0.2) is 51.7 Å². The number of benzene rings is 2. The molecule has 2 aromatic rings. The van der Waals surface area contributed by atoms with Crippen LogP contribution in [0.1, 0.15) is 25.0 Å². The molecule has 0 aromatic heterocycles. The van der Waals surface area contributed by atoms with Gasteiger partial charge < -0.3 is 9.84 Å². The van der Waals surface area contributed by atoms with Gasteiger partial charge in [-0.25, -0.2) is 0 Å². The lowest BCUT2D eigenvalue weighted by atomic mass is 10.1. The highest BCUT2D eigenvalue weighted by molar-refractivity contribution is 5.87. The van der Waals surface area contributed by atoms with E-state index in [1.54, 1.807) is 13.8 Å². The second kappa shape index (κ2) is 8.99. The van der Waals surface area contributed by atoms with Crippen LogP contribution in [0, 0.1) is 0 Å². The van der Waals surface area contributed by atoms with Crippen molar-refractivity contribution in [3.63, 3.8) is 0 Å². The van der Waals surface area contributed by atoms with E-state index in [1.807, 2.05) is 70.5 Å². The number of esters is 1. The molecule has 1 saturated heterocycles. The second-order valence-electron chi connectivity index (χ2n) is 7.32. The van der Waals surface area contributed by atoms with Crippen LogP contribution in [0.15, 0.2) is 60.7 Å². The van der Waals surface area contributed by atoms with E-state index in [1.165, 1.54) is 0 Å². The fourth-order valence-electron chi connectivity index (χ4n) is 3.61. The van der Waals surface area contributed by atoms with Gasteiger partial charge in [0.1, 0.15) is 12.1 Å². The van der Waals surface area contributed by atoms with E-state index >= 15 is 0 Å². The van der Waals surface area contributed by atoms with E-state index in [0.29, 0.717) is 19.8 Å². The van der Waals surface area contributed by atoms with Gasteiger partial charge in [0.05, 0.1) is 12.8 Å². The molecule has 28 heavy (non-hydrogen) atoms. The molecular formula is C22H26N2O4. The molecule has 3 rings (SSSR count). The molecule has 0 aliphatic carbocycles. The molecule has 0 spiro atoms. The highest BCUT2D eigenvalue weighted by Gasteiger charge is 2.49. The molecule has 0 amide bonds. The molecule has 1 aliphatic heterocycles. The monoisotopic (exact) mass is 382 g/mol. The Hall–Kier alpha value is -2.70. The smallest absolute Gasteiger partial charge is 0.325 e. The van der Waals surface area contributed by atoms with Crippen molar-refractivity contribution in [3.8, 4) is 0 Å². The van der Waals surface area contributed by atoms with Crippen molar-refractivity contribution in [1.82, 2.24) is 9.80 Å². The molecule has 2 aromatic carbocycles. The van der Waals surface area contributed by atoms with Crippen LogP contribution < -0.4 is 0 Å². The lowest BCUT2D eigenvalue weighted by Crippen LogP contribution is -2.48. The zero-order valence-corrected chi connectivity index (χ0v) is 16.2. The third kappa shape index (κ3) is 4.77. The van der Waals surface area contributed by atoms with Crippen LogP contribution >= 0.6 is 0 Å². The van der Waals surface area contributed by atoms with Crippen molar-refractivity contribution in [2.24, 2.45) is 0 Å². The maximum Gasteiger partial charge on any atom is 0.325 e. The summed E-state index contributed by atoms with van der Waals surface area (Å²) < 4.78 is 5.41. The fraction of sp³-hybridized carbons (Fsp3) is 0.364. The van der Waals surface area contributed by atoms with Gasteiger partial charge in [0.15, 0.2) is 0 Å². The summed E-state index contributed by atoms with van der Waals surface area (Å²) in [5.74, 6) is -1.51. The van der Waals surface area contributed by atoms with Crippen molar-refractivity contribution in [1.29, 1.82) is 0 Å². The van der Waals surface area contributed by atoms with Crippen molar-refractivity contribution in [2.45, 2.75) is 45.1 Å². The summed E-state index contributed by atoms with van der Waals surface area (Å²) in [6.45, 7) is 4.85. The number of aliphatic carboxylic acids is 1. The van der Waals surface area contributed by atoms with Gasteiger partial charge in [-0.05, 0) is 25.0 Å². The van der Waals surface area contributed by atoms with Gasteiger partial charge in [-0.3, -0.25) is 19.4 Å². The molecule has 1 fully saturated rings. The number of rotatable bonds is 7. The predicted molar refractivity (Wildman–Crippen MR) is 105 cm³/mol. The second-order valence-corrected chi connectivity index (χ2v) is 7.32. The summed E-state index contributed by atoms with van der Waals surface area (Å²) in [6, 6.07) is 17.6. The summed E-state index contributed by atoms with van der Waals surface area (Å²) in [7, 11) is 0. The number of carbonyl (C=O) groups excluding carboxylic acids is 1. The average molecular weight is 382 g/mol. The highest BCUT2D eigenvalue weighted by Crippen LogP contribution is 2.27. The van der Waals surface area contributed by atoms with Gasteiger partial charge in [0.25, 0.3) is 0 Å². The normalized spacial score (nSPS) is 20.4. The number of ether oxygens (including phenoxy) is 1. The van der Waals surface area contributed by atoms with Crippen LogP contribution in [0.5, 0.6) is 0 Å². The van der Waals surface area contributed by atoms with Gasteiger partial charge in [-0.15, -0.1) is 0 Å². The number of carbonyl (C=O) groups is 2. The van der Waals surface area contributed by atoms with E-state index in [0.717, 1.165) is 11.1 Å². The Morgan fingerprint density at radius 1 is 0.929 bits per heavy atom. The molecule has 1 heterocycles. The number of hydrogen-bond donors (Lipinski definition) is 1. The molecule has 0 radical (unpaired) electrons. The zero-order chi connectivity index (χ0) is 20.1. The molecule has 2 atom stereocenters. The van der Waals surface area contributed by atoms with Crippen LogP contribution in [0.4, 0.5) is 0 Å². The van der Waals surface area contributed by atoms with E-state index in [-0.39, 0.29) is 6.10 Å². The quantitative estimate of drug-likeness (QED) is 0.743. The van der Waals surface area contributed by atoms with E-state index < -0.39 is 24.0 Å². The molecule has 1 aliphatic rings. The third-order valence-corrected chi connectivity index (χ3v) is 4.75. The van der Waals surface area contributed by atoms with Gasteiger partial charge >= 0.3 is 11.9 Å². The number of carboxylic acids is 1. The summed E-state index contributed by atoms with van der Waals surface area (Å²) in [5, 5.41) is 9.92. The Balaban J connectivity index is 1.89. The summed E-state index contributed by atoms with van der Waals surface area (Å²) in [4.78, 5) is 28.7. The molecule has 6 heteroatoms. The number of hydrogen-bond acceptors (Lipinski definition) is 5. The van der Waals surface area contributed by atoms with E-state index in [9.17, 15) is 14.7 Å². The van der Waals surface area contributed by atoms with Crippen molar-refractivity contribution >= 4 is 11.9 Å². The van der Waals surface area contributed by atoms with Crippen molar-refractivity contribution in [3.05, 3.63) is 71.8 Å².